The van der Waals surface area contributed by atoms with E-state index in [9.17, 15) is 4.39 Å². The molecule has 0 aliphatic carbocycles. The summed E-state index contributed by atoms with van der Waals surface area (Å²) in [5.41, 5.74) is 3.33. The van der Waals surface area contributed by atoms with E-state index in [1.54, 1.807) is 12.1 Å². The Balaban J connectivity index is 2.14. The van der Waals surface area contributed by atoms with E-state index in [2.05, 4.69) is 19.2 Å². The highest BCUT2D eigenvalue weighted by molar-refractivity contribution is 5.39. The minimum Gasteiger partial charge on any atom is -0.454 e. The van der Waals surface area contributed by atoms with Crippen molar-refractivity contribution in [1.82, 2.24) is 5.32 Å². The molecule has 0 aliphatic heterocycles. The standard InChI is InChI=1S/C18H22FNO/c1-12(2)20-11-15-6-7-16(10-14(15)4)21-18-9-13(3)5-8-17(18)19/h5-10,12,20H,11H2,1-4H3. The third-order valence-electron chi connectivity index (χ3n) is 3.33. The first-order chi connectivity index (χ1) is 9.95. The van der Waals surface area contributed by atoms with Gasteiger partial charge in [0.05, 0.1) is 0 Å². The third kappa shape index (κ3) is 4.30. The van der Waals surface area contributed by atoms with Crippen LogP contribution in [0.25, 0.3) is 0 Å². The first kappa shape index (κ1) is 15.5. The van der Waals surface area contributed by atoms with Crippen molar-refractivity contribution in [3.05, 3.63) is 58.9 Å². The van der Waals surface area contributed by atoms with Crippen LogP contribution in [-0.4, -0.2) is 6.04 Å². The van der Waals surface area contributed by atoms with E-state index in [1.165, 1.54) is 11.6 Å². The summed E-state index contributed by atoms with van der Waals surface area (Å²) < 4.78 is 19.4. The van der Waals surface area contributed by atoms with Gasteiger partial charge in [-0.05, 0) is 54.8 Å². The molecular formula is C18H22FNO. The second-order valence-corrected chi connectivity index (χ2v) is 5.66. The third-order valence-corrected chi connectivity index (χ3v) is 3.33. The molecule has 0 radical (unpaired) electrons. The molecule has 0 unspecified atom stereocenters. The van der Waals surface area contributed by atoms with Gasteiger partial charge in [-0.25, -0.2) is 4.39 Å². The Morgan fingerprint density at radius 3 is 2.52 bits per heavy atom. The van der Waals surface area contributed by atoms with Crippen LogP contribution in [0.15, 0.2) is 36.4 Å². The molecule has 0 bridgehead atoms. The summed E-state index contributed by atoms with van der Waals surface area (Å²) in [6.45, 7) is 9.01. The molecule has 21 heavy (non-hydrogen) atoms. The van der Waals surface area contributed by atoms with Gasteiger partial charge in [0.2, 0.25) is 0 Å². The quantitative estimate of drug-likeness (QED) is 0.858. The second-order valence-electron chi connectivity index (χ2n) is 5.66. The van der Waals surface area contributed by atoms with Gasteiger partial charge in [-0.2, -0.15) is 0 Å². The predicted molar refractivity (Wildman–Crippen MR) is 84.4 cm³/mol. The van der Waals surface area contributed by atoms with Crippen molar-refractivity contribution in [1.29, 1.82) is 0 Å². The van der Waals surface area contributed by atoms with Crippen LogP contribution in [0.5, 0.6) is 11.5 Å². The van der Waals surface area contributed by atoms with Crippen LogP contribution in [0.3, 0.4) is 0 Å². The van der Waals surface area contributed by atoms with Crippen LogP contribution in [0.1, 0.15) is 30.5 Å². The van der Waals surface area contributed by atoms with Gasteiger partial charge in [0.15, 0.2) is 11.6 Å². The van der Waals surface area contributed by atoms with E-state index in [0.29, 0.717) is 11.8 Å². The fourth-order valence-corrected chi connectivity index (χ4v) is 2.06. The van der Waals surface area contributed by atoms with Gasteiger partial charge in [0.25, 0.3) is 0 Å². The fraction of sp³-hybridized carbons (Fsp3) is 0.333. The number of ether oxygens (including phenoxy) is 1. The minimum atomic E-state index is -0.344. The van der Waals surface area contributed by atoms with E-state index in [4.69, 9.17) is 4.74 Å². The molecule has 0 heterocycles. The second kappa shape index (κ2) is 6.72. The van der Waals surface area contributed by atoms with Gasteiger partial charge in [-0.15, -0.1) is 0 Å². The zero-order valence-electron chi connectivity index (χ0n) is 13.0. The Labute approximate surface area is 126 Å². The molecule has 0 saturated carbocycles. The number of benzene rings is 2. The average Bonchev–Trinajstić information content (AvgIpc) is 2.42. The molecule has 0 spiro atoms. The van der Waals surface area contributed by atoms with Crippen LogP contribution < -0.4 is 10.1 Å². The highest BCUT2D eigenvalue weighted by Gasteiger charge is 2.07. The average molecular weight is 287 g/mol. The van der Waals surface area contributed by atoms with Crippen molar-refractivity contribution in [2.45, 2.75) is 40.3 Å². The molecule has 2 aromatic rings. The zero-order valence-corrected chi connectivity index (χ0v) is 13.0. The molecule has 2 rings (SSSR count). The molecule has 0 aromatic heterocycles. The molecule has 0 amide bonds. The summed E-state index contributed by atoms with van der Waals surface area (Å²) in [5, 5.41) is 3.39. The van der Waals surface area contributed by atoms with E-state index in [0.717, 1.165) is 17.7 Å². The SMILES string of the molecule is Cc1ccc(F)c(Oc2ccc(CNC(C)C)c(C)c2)c1. The molecule has 3 heteroatoms. The van der Waals surface area contributed by atoms with Crippen LogP contribution >= 0.6 is 0 Å². The molecule has 2 aromatic carbocycles. The van der Waals surface area contributed by atoms with Gasteiger partial charge in [0.1, 0.15) is 5.75 Å². The monoisotopic (exact) mass is 287 g/mol. The lowest BCUT2D eigenvalue weighted by Crippen LogP contribution is -2.22. The van der Waals surface area contributed by atoms with E-state index in [-0.39, 0.29) is 11.6 Å². The molecule has 2 nitrogen and oxygen atoms in total. The lowest BCUT2D eigenvalue weighted by molar-refractivity contribution is 0.441. The van der Waals surface area contributed by atoms with Crippen molar-refractivity contribution in [2.75, 3.05) is 0 Å². The van der Waals surface area contributed by atoms with Crippen LogP contribution in [0, 0.1) is 19.7 Å². The van der Waals surface area contributed by atoms with E-state index in [1.807, 2.05) is 32.0 Å². The van der Waals surface area contributed by atoms with Gasteiger partial charge in [0, 0.05) is 12.6 Å². The van der Waals surface area contributed by atoms with Crippen LogP contribution in [0.2, 0.25) is 0 Å². The van der Waals surface area contributed by atoms with Gasteiger partial charge in [-0.3, -0.25) is 0 Å². The summed E-state index contributed by atoms with van der Waals surface area (Å²) in [7, 11) is 0. The first-order valence-corrected chi connectivity index (χ1v) is 7.22. The Morgan fingerprint density at radius 1 is 1.10 bits per heavy atom. The highest BCUT2D eigenvalue weighted by Crippen LogP contribution is 2.27. The van der Waals surface area contributed by atoms with Crippen molar-refractivity contribution in [2.24, 2.45) is 0 Å². The maximum absolute atomic E-state index is 13.7. The Morgan fingerprint density at radius 2 is 1.86 bits per heavy atom. The molecule has 0 aliphatic rings. The smallest absolute Gasteiger partial charge is 0.165 e. The van der Waals surface area contributed by atoms with Crippen LogP contribution in [-0.2, 0) is 6.54 Å². The molecule has 1 N–H and O–H groups in total. The summed E-state index contributed by atoms with van der Waals surface area (Å²) >= 11 is 0. The van der Waals surface area contributed by atoms with Crippen molar-refractivity contribution in [3.8, 4) is 11.5 Å². The van der Waals surface area contributed by atoms with Gasteiger partial charge < -0.3 is 10.1 Å². The molecular weight excluding hydrogens is 265 g/mol. The zero-order chi connectivity index (χ0) is 15.4. The Bertz CT molecular complexity index is 623. The summed E-state index contributed by atoms with van der Waals surface area (Å²) in [5.74, 6) is 0.580. The highest BCUT2D eigenvalue weighted by atomic mass is 19.1. The number of aryl methyl sites for hydroxylation is 2. The predicted octanol–water partition coefficient (Wildman–Crippen LogP) is 4.73. The van der Waals surface area contributed by atoms with E-state index >= 15 is 0 Å². The topological polar surface area (TPSA) is 21.3 Å². The normalized spacial score (nSPS) is 11.0. The Kier molecular flexibility index (Phi) is 4.97. The lowest BCUT2D eigenvalue weighted by Gasteiger charge is -2.13. The molecule has 0 atom stereocenters. The molecule has 112 valence electrons. The van der Waals surface area contributed by atoms with Gasteiger partial charge in [-0.1, -0.05) is 26.0 Å². The van der Waals surface area contributed by atoms with Crippen molar-refractivity contribution >= 4 is 0 Å². The summed E-state index contributed by atoms with van der Waals surface area (Å²) in [6, 6.07) is 11.2. The van der Waals surface area contributed by atoms with Crippen LogP contribution in [0.4, 0.5) is 4.39 Å². The summed E-state index contributed by atoms with van der Waals surface area (Å²) in [4.78, 5) is 0. The summed E-state index contributed by atoms with van der Waals surface area (Å²) in [6.07, 6.45) is 0. The minimum absolute atomic E-state index is 0.266. The van der Waals surface area contributed by atoms with Crippen molar-refractivity contribution in [3.63, 3.8) is 0 Å². The van der Waals surface area contributed by atoms with Crippen molar-refractivity contribution < 1.29 is 9.13 Å². The lowest BCUT2D eigenvalue weighted by atomic mass is 10.1. The number of halogens is 1. The van der Waals surface area contributed by atoms with E-state index < -0.39 is 0 Å². The van der Waals surface area contributed by atoms with Gasteiger partial charge >= 0.3 is 0 Å². The number of rotatable bonds is 5. The first-order valence-electron chi connectivity index (χ1n) is 7.22. The molecule has 0 saturated heterocycles. The number of hydrogen-bond acceptors (Lipinski definition) is 2. The number of nitrogens with one attached hydrogen (secondary N) is 1. The number of hydrogen-bond donors (Lipinski definition) is 1. The Hall–Kier alpha value is -1.87. The fourth-order valence-electron chi connectivity index (χ4n) is 2.06. The largest absolute Gasteiger partial charge is 0.454 e. The molecule has 0 fully saturated rings. The maximum atomic E-state index is 13.7. The maximum Gasteiger partial charge on any atom is 0.165 e.